The highest BCUT2D eigenvalue weighted by molar-refractivity contribution is 5.78. The lowest BCUT2D eigenvalue weighted by Gasteiger charge is -2.33. The summed E-state index contributed by atoms with van der Waals surface area (Å²) in [6, 6.07) is 0. The van der Waals surface area contributed by atoms with Crippen LogP contribution >= 0.6 is 0 Å². The van der Waals surface area contributed by atoms with Gasteiger partial charge in [-0.15, -0.1) is 0 Å². The highest BCUT2D eigenvalue weighted by Crippen LogP contribution is 2.16. The highest BCUT2D eigenvalue weighted by Gasteiger charge is 2.27. The molecule has 6 nitrogen and oxygen atoms in total. The Morgan fingerprint density at radius 3 is 2.00 bits per heavy atom. The second-order valence-electron chi connectivity index (χ2n) is 6.38. The summed E-state index contributed by atoms with van der Waals surface area (Å²) in [5.74, 6) is 0.301. The van der Waals surface area contributed by atoms with Crippen LogP contribution in [0, 0.1) is 5.92 Å². The first-order chi connectivity index (χ1) is 10.8. The number of carbonyl (C=O) groups is 2. The van der Waals surface area contributed by atoms with Gasteiger partial charge in [0.1, 0.15) is 0 Å². The van der Waals surface area contributed by atoms with Crippen LogP contribution in [0.3, 0.4) is 0 Å². The van der Waals surface area contributed by atoms with E-state index in [0.717, 1.165) is 6.42 Å². The van der Waals surface area contributed by atoms with Crippen molar-refractivity contribution in [1.82, 2.24) is 10.6 Å². The molecule has 0 aromatic rings. The Bertz CT molecular complexity index is 347. The highest BCUT2D eigenvalue weighted by atomic mass is 16.5. The molecule has 0 bridgehead atoms. The van der Waals surface area contributed by atoms with E-state index in [1.807, 2.05) is 20.8 Å². The third kappa shape index (κ3) is 12.0. The van der Waals surface area contributed by atoms with E-state index in [0.29, 0.717) is 51.7 Å². The second kappa shape index (κ2) is 12.3. The number of amides is 2. The zero-order chi connectivity index (χ0) is 17.7. The van der Waals surface area contributed by atoms with E-state index in [1.54, 1.807) is 0 Å². The number of ether oxygens (including phenoxy) is 2. The minimum atomic E-state index is -0.460. The summed E-state index contributed by atoms with van der Waals surface area (Å²) in [4.78, 5) is 23.9. The number of carbonyl (C=O) groups excluding carboxylic acids is 2. The van der Waals surface area contributed by atoms with Gasteiger partial charge < -0.3 is 20.1 Å². The van der Waals surface area contributed by atoms with Crippen molar-refractivity contribution in [1.29, 1.82) is 0 Å². The molecule has 2 amide bonds. The Labute approximate surface area is 140 Å². The minimum absolute atomic E-state index is 0.0508. The first-order valence-corrected chi connectivity index (χ1v) is 8.56. The van der Waals surface area contributed by atoms with Crippen LogP contribution in [0.1, 0.15) is 53.9 Å². The van der Waals surface area contributed by atoms with E-state index in [9.17, 15) is 9.59 Å². The van der Waals surface area contributed by atoms with Crippen LogP contribution in [0.2, 0.25) is 0 Å². The molecular weight excluding hydrogens is 296 g/mol. The van der Waals surface area contributed by atoms with Crippen molar-refractivity contribution >= 4 is 11.8 Å². The van der Waals surface area contributed by atoms with Gasteiger partial charge >= 0.3 is 0 Å². The molecule has 6 heteroatoms. The minimum Gasteiger partial charge on any atom is -0.381 e. The van der Waals surface area contributed by atoms with Gasteiger partial charge in [-0.25, -0.2) is 0 Å². The zero-order valence-corrected chi connectivity index (χ0v) is 15.4. The molecule has 0 rings (SSSR count). The quantitative estimate of drug-likeness (QED) is 0.506. The average molecular weight is 330 g/mol. The van der Waals surface area contributed by atoms with Crippen LogP contribution in [0.5, 0.6) is 0 Å². The summed E-state index contributed by atoms with van der Waals surface area (Å²) in [5.41, 5.74) is -0.460. The molecule has 2 N–H and O–H groups in total. The molecule has 0 fully saturated rings. The van der Waals surface area contributed by atoms with Crippen LogP contribution in [0.25, 0.3) is 0 Å². The van der Waals surface area contributed by atoms with Crippen LogP contribution in [-0.2, 0) is 19.1 Å². The van der Waals surface area contributed by atoms with Gasteiger partial charge in [-0.1, -0.05) is 13.8 Å². The Hall–Kier alpha value is -1.14. The van der Waals surface area contributed by atoms with Crippen LogP contribution < -0.4 is 10.6 Å². The zero-order valence-electron chi connectivity index (χ0n) is 15.4. The average Bonchev–Trinajstić information content (AvgIpc) is 2.45. The van der Waals surface area contributed by atoms with Crippen LogP contribution in [-0.4, -0.2) is 50.3 Å². The lowest BCUT2D eigenvalue weighted by molar-refractivity contribution is -0.126. The van der Waals surface area contributed by atoms with Crippen molar-refractivity contribution in [2.24, 2.45) is 5.92 Å². The van der Waals surface area contributed by atoms with Gasteiger partial charge in [-0.05, 0) is 33.1 Å². The first kappa shape index (κ1) is 21.9. The molecule has 0 spiro atoms. The molecule has 0 radical (unpaired) electrons. The molecule has 0 aromatic carbocycles. The number of rotatable bonds is 13. The van der Waals surface area contributed by atoms with Gasteiger partial charge in [0, 0.05) is 32.6 Å². The molecule has 0 aliphatic rings. The maximum absolute atomic E-state index is 12.0. The molecule has 0 saturated heterocycles. The van der Waals surface area contributed by atoms with Crippen LogP contribution in [0.4, 0.5) is 0 Å². The molecule has 1 atom stereocenters. The summed E-state index contributed by atoms with van der Waals surface area (Å²) in [7, 11) is 0. The molecule has 0 heterocycles. The molecule has 0 aliphatic carbocycles. The van der Waals surface area contributed by atoms with E-state index in [1.165, 1.54) is 0 Å². The van der Waals surface area contributed by atoms with Crippen molar-refractivity contribution in [3.63, 3.8) is 0 Å². The fourth-order valence-corrected chi connectivity index (χ4v) is 2.47. The third-order valence-electron chi connectivity index (χ3n) is 3.33. The Morgan fingerprint density at radius 1 is 1.00 bits per heavy atom. The van der Waals surface area contributed by atoms with Crippen LogP contribution in [0.15, 0.2) is 0 Å². The van der Waals surface area contributed by atoms with Gasteiger partial charge in [0.15, 0.2) is 0 Å². The van der Waals surface area contributed by atoms with Crippen molar-refractivity contribution in [2.75, 3.05) is 33.0 Å². The molecule has 23 heavy (non-hydrogen) atoms. The lowest BCUT2D eigenvalue weighted by Crippen LogP contribution is -2.54. The largest absolute Gasteiger partial charge is 0.381 e. The van der Waals surface area contributed by atoms with E-state index >= 15 is 0 Å². The lowest BCUT2D eigenvalue weighted by atomic mass is 9.90. The van der Waals surface area contributed by atoms with Crippen molar-refractivity contribution < 1.29 is 19.1 Å². The Morgan fingerprint density at radius 2 is 1.52 bits per heavy atom. The molecule has 0 unspecified atom stereocenters. The van der Waals surface area contributed by atoms with Gasteiger partial charge in [0.05, 0.1) is 18.8 Å². The molecular formula is C17H34N2O4. The second-order valence-corrected chi connectivity index (χ2v) is 6.38. The maximum Gasteiger partial charge on any atom is 0.222 e. The van der Waals surface area contributed by atoms with E-state index < -0.39 is 5.54 Å². The fourth-order valence-electron chi connectivity index (χ4n) is 2.47. The summed E-state index contributed by atoms with van der Waals surface area (Å²) in [6.07, 6.45) is 1.46. The fraction of sp³-hybridized carbons (Fsp3) is 0.882. The standard InChI is InChI=1S/C17H34N2O4/c1-6-22-10-8-15(20)18-13-17(5,12-14(3)4)19-16(21)9-11-23-7-2/h14H,6-13H2,1-5H3,(H,18,20)(H,19,21)/t17-/m1/s1. The summed E-state index contributed by atoms with van der Waals surface area (Å²) < 4.78 is 10.4. The van der Waals surface area contributed by atoms with Gasteiger partial charge in [0.2, 0.25) is 11.8 Å². The van der Waals surface area contributed by atoms with E-state index in [-0.39, 0.29) is 11.8 Å². The Kier molecular flexibility index (Phi) is 11.7. The number of hydrogen-bond donors (Lipinski definition) is 2. The normalized spacial score (nSPS) is 13.7. The summed E-state index contributed by atoms with van der Waals surface area (Å²) in [6.45, 7) is 12.4. The topological polar surface area (TPSA) is 76.7 Å². The van der Waals surface area contributed by atoms with E-state index in [4.69, 9.17) is 9.47 Å². The van der Waals surface area contributed by atoms with Crippen molar-refractivity contribution in [3.8, 4) is 0 Å². The Balaban J connectivity index is 4.40. The molecule has 0 aromatic heterocycles. The molecule has 0 saturated carbocycles. The number of hydrogen-bond acceptors (Lipinski definition) is 4. The smallest absolute Gasteiger partial charge is 0.222 e. The first-order valence-electron chi connectivity index (χ1n) is 8.56. The monoisotopic (exact) mass is 330 g/mol. The van der Waals surface area contributed by atoms with Gasteiger partial charge in [-0.3, -0.25) is 9.59 Å². The predicted octanol–water partition coefficient (Wildman–Crippen LogP) is 1.88. The predicted molar refractivity (Wildman–Crippen MR) is 91.2 cm³/mol. The summed E-state index contributed by atoms with van der Waals surface area (Å²) in [5, 5.41) is 5.94. The molecule has 0 aliphatic heterocycles. The molecule has 136 valence electrons. The maximum atomic E-state index is 12.0. The SMILES string of the molecule is CCOCCC(=O)NC[C@@](C)(CC(C)C)NC(=O)CCOCC. The van der Waals surface area contributed by atoms with E-state index in [2.05, 4.69) is 24.5 Å². The van der Waals surface area contributed by atoms with Crippen molar-refractivity contribution in [3.05, 3.63) is 0 Å². The van der Waals surface area contributed by atoms with Crippen molar-refractivity contribution in [2.45, 2.75) is 59.4 Å². The van der Waals surface area contributed by atoms with Gasteiger partial charge in [0.25, 0.3) is 0 Å². The number of nitrogens with one attached hydrogen (secondary N) is 2. The third-order valence-corrected chi connectivity index (χ3v) is 3.33. The van der Waals surface area contributed by atoms with Gasteiger partial charge in [-0.2, -0.15) is 0 Å². The summed E-state index contributed by atoms with van der Waals surface area (Å²) >= 11 is 0.